The predicted molar refractivity (Wildman–Crippen MR) is 202 cm³/mol. The van der Waals surface area contributed by atoms with E-state index < -0.39 is 42.7 Å². The molecule has 1 unspecified atom stereocenters. The van der Waals surface area contributed by atoms with E-state index in [1.807, 2.05) is 17.5 Å². The van der Waals surface area contributed by atoms with Crippen molar-refractivity contribution in [3.05, 3.63) is 106 Å². The van der Waals surface area contributed by atoms with Crippen molar-refractivity contribution in [2.45, 2.75) is 37.0 Å². The number of benzene rings is 3. The van der Waals surface area contributed by atoms with Gasteiger partial charge in [-0.1, -0.05) is 36.4 Å². The molecule has 3 aromatic carbocycles. The maximum atomic E-state index is 14.5. The third-order valence-corrected chi connectivity index (χ3v) is 12.0. The van der Waals surface area contributed by atoms with E-state index in [9.17, 15) is 42.3 Å². The van der Waals surface area contributed by atoms with E-state index in [1.165, 1.54) is 38.2 Å². The molecule has 3 N–H and O–H groups in total. The number of thiophene rings is 1. The average Bonchev–Trinajstić information content (AvgIpc) is 3.95. The molecule has 1 aliphatic rings. The molecule has 0 aliphatic carbocycles. The molecule has 5 aromatic rings. The first kappa shape index (κ1) is 38.9. The summed E-state index contributed by atoms with van der Waals surface area (Å²) < 4.78 is 40.7. The van der Waals surface area contributed by atoms with Crippen molar-refractivity contribution in [3.63, 3.8) is 0 Å². The first-order chi connectivity index (χ1) is 25.7. The molecular weight excluding hydrogens is 760 g/mol. The molecule has 0 bridgehead atoms. The number of carbonyl (C=O) groups is 4. The molecule has 2 aromatic heterocycles. The molecule has 1 saturated heterocycles. The number of nitrogens with one attached hydrogen (secondary N) is 1. The number of likely N-dealkylation sites (tertiary alicyclic amines) is 1. The van der Waals surface area contributed by atoms with Gasteiger partial charge in [0.15, 0.2) is 0 Å². The summed E-state index contributed by atoms with van der Waals surface area (Å²) in [7, 11) is -2.55. The monoisotopic (exact) mass is 795 g/mol. The molecule has 1 fully saturated rings. The minimum atomic E-state index is -5.81. The summed E-state index contributed by atoms with van der Waals surface area (Å²) in [6.07, 6.45) is 2.62. The number of aromatic nitrogens is 1. The molecule has 6 rings (SSSR count). The van der Waals surface area contributed by atoms with Gasteiger partial charge in [-0.05, 0) is 66.3 Å². The number of hydrogen-bond donors (Lipinski definition) is 3. The average molecular weight is 796 g/mol. The number of rotatable bonds is 12. The molecule has 0 saturated carbocycles. The summed E-state index contributed by atoms with van der Waals surface area (Å²) in [5, 5.41) is 5.61. The van der Waals surface area contributed by atoms with Crippen LogP contribution in [0.4, 0.5) is 14.5 Å². The van der Waals surface area contributed by atoms with Crippen molar-refractivity contribution >= 4 is 69.7 Å². The van der Waals surface area contributed by atoms with Crippen LogP contribution in [0.1, 0.15) is 46.1 Å². The van der Waals surface area contributed by atoms with Crippen LogP contribution in [-0.4, -0.2) is 81.4 Å². The molecule has 0 spiro atoms. The highest BCUT2D eigenvalue weighted by Crippen LogP contribution is 2.59. The number of carbonyl (C=O) groups excluding carboxylic acids is 4. The van der Waals surface area contributed by atoms with E-state index in [2.05, 4.69) is 10.3 Å². The quantitative estimate of drug-likeness (QED) is 0.126. The van der Waals surface area contributed by atoms with Crippen molar-refractivity contribution < 1.29 is 42.3 Å². The number of anilines is 1. The van der Waals surface area contributed by atoms with Gasteiger partial charge in [0.2, 0.25) is 17.7 Å². The summed E-state index contributed by atoms with van der Waals surface area (Å²) in [5.41, 5.74) is -3.47. The number of hydrogen-bond acceptors (Lipinski definition) is 8. The zero-order valence-corrected chi connectivity index (χ0v) is 31.6. The fourth-order valence-corrected chi connectivity index (χ4v) is 8.29. The molecule has 282 valence electrons. The fraction of sp³-hybridized carbons (Fsp3) is 0.270. The first-order valence-electron chi connectivity index (χ1n) is 16.8. The Labute approximate surface area is 317 Å². The van der Waals surface area contributed by atoms with Crippen molar-refractivity contribution in [3.8, 4) is 10.6 Å². The highest BCUT2D eigenvalue weighted by molar-refractivity contribution is 7.52. The molecule has 0 radical (unpaired) electrons. The Hall–Kier alpha value is -4.86. The summed E-state index contributed by atoms with van der Waals surface area (Å²) in [6, 6.07) is 18.0. The SMILES string of the molecule is CN(C)C(=O)CCN(C(=O)C1CCCN1C(=O)[C@@H](NC(=O)c1cc2cc(C(F)(F)P(=O)(O)O)ccc2s1)c1ccccc1)c1ccc(-c2nccs2)cc1. The van der Waals surface area contributed by atoms with Crippen molar-refractivity contribution in [1.82, 2.24) is 20.1 Å². The number of alkyl halides is 2. The van der Waals surface area contributed by atoms with E-state index in [0.29, 0.717) is 28.8 Å². The van der Waals surface area contributed by atoms with Gasteiger partial charge in [-0.3, -0.25) is 23.7 Å². The topological polar surface area (TPSA) is 160 Å². The van der Waals surface area contributed by atoms with Crippen molar-refractivity contribution in [2.24, 2.45) is 0 Å². The summed E-state index contributed by atoms with van der Waals surface area (Å²) in [4.78, 5) is 82.5. The standard InChI is InChI=1S/C37H36F2N5O7PS2/c1-42(2)31(45)16-19-43(27-13-10-24(11-14-27)34-40-17-20-53-34)35(47)28-9-6-18-44(28)36(48)32(23-7-4-3-5-8-23)41-33(46)30-22-25-21-26(12-15-29(25)54-30)37(38,39)52(49,50)51/h3-5,7-8,10-15,17,20-22,28,32H,6,9,16,18-19H2,1-2H3,(H,41,46)(H2,49,50,51)/t28?,32-/m0/s1. The minimum absolute atomic E-state index is 0.0456. The molecule has 3 heterocycles. The van der Waals surface area contributed by atoms with Gasteiger partial charge in [-0.15, -0.1) is 22.7 Å². The van der Waals surface area contributed by atoms with E-state index >= 15 is 0 Å². The Bertz CT molecular complexity index is 2210. The van der Waals surface area contributed by atoms with E-state index in [4.69, 9.17) is 0 Å². The lowest BCUT2D eigenvalue weighted by Gasteiger charge is -2.33. The van der Waals surface area contributed by atoms with Gasteiger partial charge < -0.3 is 29.8 Å². The van der Waals surface area contributed by atoms with Crippen LogP contribution >= 0.6 is 30.3 Å². The Morgan fingerprint density at radius 1 is 1.04 bits per heavy atom. The van der Waals surface area contributed by atoms with Crippen LogP contribution in [0.5, 0.6) is 0 Å². The highest BCUT2D eigenvalue weighted by atomic mass is 32.1. The lowest BCUT2D eigenvalue weighted by Crippen LogP contribution is -2.51. The Kier molecular flexibility index (Phi) is 11.4. The number of nitrogens with zero attached hydrogens (tertiary/aromatic N) is 4. The summed E-state index contributed by atoms with van der Waals surface area (Å²) >= 11 is 2.43. The van der Waals surface area contributed by atoms with Crippen LogP contribution in [0, 0.1) is 0 Å². The van der Waals surface area contributed by atoms with Crippen molar-refractivity contribution in [1.29, 1.82) is 0 Å². The maximum Gasteiger partial charge on any atom is 0.399 e. The van der Waals surface area contributed by atoms with Crippen LogP contribution in [0.25, 0.3) is 20.7 Å². The van der Waals surface area contributed by atoms with E-state index in [0.717, 1.165) is 34.0 Å². The first-order valence-corrected chi connectivity index (χ1v) is 20.1. The van der Waals surface area contributed by atoms with Crippen LogP contribution in [0.15, 0.2) is 90.4 Å². The van der Waals surface area contributed by atoms with Gasteiger partial charge in [-0.2, -0.15) is 8.78 Å². The molecule has 1 aliphatic heterocycles. The largest absolute Gasteiger partial charge is 0.399 e. The molecule has 17 heteroatoms. The van der Waals surface area contributed by atoms with Crippen molar-refractivity contribution in [2.75, 3.05) is 32.1 Å². The number of fused-ring (bicyclic) bond motifs is 1. The van der Waals surface area contributed by atoms with Gasteiger partial charge in [0.05, 0.1) is 4.88 Å². The van der Waals surface area contributed by atoms with Gasteiger partial charge in [0.25, 0.3) is 5.91 Å². The second kappa shape index (κ2) is 15.9. The predicted octanol–water partition coefficient (Wildman–Crippen LogP) is 6.23. The molecular formula is C37H36F2N5O7PS2. The maximum absolute atomic E-state index is 14.5. The Morgan fingerprint density at radius 3 is 2.41 bits per heavy atom. The number of amides is 4. The zero-order valence-electron chi connectivity index (χ0n) is 29.1. The van der Waals surface area contributed by atoms with Crippen LogP contribution < -0.4 is 10.2 Å². The van der Waals surface area contributed by atoms with Crippen LogP contribution in [0.3, 0.4) is 0 Å². The second-order valence-electron chi connectivity index (χ2n) is 12.9. The summed E-state index contributed by atoms with van der Waals surface area (Å²) in [6.45, 7) is 0.304. The third-order valence-electron chi connectivity index (χ3n) is 9.10. The molecule has 4 amide bonds. The smallest absolute Gasteiger partial charge is 0.349 e. The van der Waals surface area contributed by atoms with Gasteiger partial charge in [-0.25, -0.2) is 4.98 Å². The Morgan fingerprint density at radius 2 is 1.76 bits per heavy atom. The summed E-state index contributed by atoms with van der Waals surface area (Å²) in [5.74, 6) is -1.77. The molecule has 54 heavy (non-hydrogen) atoms. The molecule has 12 nitrogen and oxygen atoms in total. The molecule has 2 atom stereocenters. The van der Waals surface area contributed by atoms with Crippen LogP contribution in [-0.2, 0) is 24.6 Å². The number of thiazole rings is 1. The van der Waals surface area contributed by atoms with Gasteiger partial charge in [0, 0.05) is 66.7 Å². The lowest BCUT2D eigenvalue weighted by molar-refractivity contribution is -0.139. The normalized spacial score (nSPS) is 15.2. The fourth-order valence-electron chi connectivity index (χ4n) is 6.23. The minimum Gasteiger partial charge on any atom is -0.349 e. The van der Waals surface area contributed by atoms with E-state index in [1.54, 1.807) is 62.8 Å². The Balaban J connectivity index is 1.27. The highest BCUT2D eigenvalue weighted by Gasteiger charge is 2.50. The van der Waals surface area contributed by atoms with Crippen LogP contribution in [0.2, 0.25) is 0 Å². The van der Waals surface area contributed by atoms with Gasteiger partial charge >= 0.3 is 13.3 Å². The zero-order chi connectivity index (χ0) is 38.8. The lowest BCUT2D eigenvalue weighted by atomic mass is 10.0. The van der Waals surface area contributed by atoms with Gasteiger partial charge in [0.1, 0.15) is 17.1 Å². The second-order valence-corrected chi connectivity index (χ2v) is 16.5. The number of halogens is 2. The third kappa shape index (κ3) is 8.12. The van der Waals surface area contributed by atoms with E-state index in [-0.39, 0.29) is 41.6 Å².